The summed E-state index contributed by atoms with van der Waals surface area (Å²) in [5.74, 6) is 0.827. The number of hydrogen-bond donors (Lipinski definition) is 1. The van der Waals surface area contributed by atoms with Crippen LogP contribution in [0.3, 0.4) is 0 Å². The molecule has 0 unspecified atom stereocenters. The van der Waals surface area contributed by atoms with Gasteiger partial charge in [-0.05, 0) is 42.8 Å². The van der Waals surface area contributed by atoms with E-state index in [0.29, 0.717) is 26.7 Å². The van der Waals surface area contributed by atoms with Gasteiger partial charge in [-0.2, -0.15) is 0 Å². The molecule has 0 amide bonds. The van der Waals surface area contributed by atoms with Crippen LogP contribution in [0.2, 0.25) is 15.1 Å². The second-order valence-electron chi connectivity index (χ2n) is 4.51. The monoisotopic (exact) mass is 344 g/mol. The topological polar surface area (TPSA) is 34.2 Å². The molecule has 1 aromatic heterocycles. The third-order valence-electron chi connectivity index (χ3n) is 2.67. The SMILES string of the molecule is CCCNCc1cnc(Oc2cc(Cl)cc(Cl)c2)c(Cl)c1. The molecule has 1 aromatic carbocycles. The first-order chi connectivity index (χ1) is 10.1. The zero-order valence-electron chi connectivity index (χ0n) is 11.5. The van der Waals surface area contributed by atoms with Crippen LogP contribution in [-0.4, -0.2) is 11.5 Å². The minimum absolute atomic E-state index is 0.328. The van der Waals surface area contributed by atoms with Crippen molar-refractivity contribution in [2.75, 3.05) is 6.54 Å². The van der Waals surface area contributed by atoms with Crippen LogP contribution in [-0.2, 0) is 6.54 Å². The van der Waals surface area contributed by atoms with Gasteiger partial charge in [0.25, 0.3) is 0 Å². The van der Waals surface area contributed by atoms with Crippen LogP contribution in [0.15, 0.2) is 30.5 Å². The highest BCUT2D eigenvalue weighted by molar-refractivity contribution is 6.34. The zero-order valence-corrected chi connectivity index (χ0v) is 13.8. The van der Waals surface area contributed by atoms with Gasteiger partial charge in [0, 0.05) is 22.8 Å². The maximum Gasteiger partial charge on any atom is 0.238 e. The third-order valence-corrected chi connectivity index (χ3v) is 3.38. The fraction of sp³-hybridized carbons (Fsp3) is 0.267. The summed E-state index contributed by atoms with van der Waals surface area (Å²) in [6.45, 7) is 3.80. The molecule has 0 saturated carbocycles. The molecule has 0 aliphatic carbocycles. The molecule has 1 N–H and O–H groups in total. The van der Waals surface area contributed by atoms with Gasteiger partial charge in [0.1, 0.15) is 10.8 Å². The minimum atomic E-state index is 0.328. The molecule has 0 aliphatic heterocycles. The number of benzene rings is 1. The Morgan fingerprint density at radius 3 is 2.43 bits per heavy atom. The van der Waals surface area contributed by atoms with Crippen molar-refractivity contribution in [1.82, 2.24) is 10.3 Å². The average Bonchev–Trinajstić information content (AvgIpc) is 2.41. The van der Waals surface area contributed by atoms with E-state index in [1.165, 1.54) is 0 Å². The highest BCUT2D eigenvalue weighted by Crippen LogP contribution is 2.31. The summed E-state index contributed by atoms with van der Waals surface area (Å²) in [7, 11) is 0. The van der Waals surface area contributed by atoms with Crippen LogP contribution < -0.4 is 10.1 Å². The highest BCUT2D eigenvalue weighted by Gasteiger charge is 2.08. The average molecular weight is 346 g/mol. The zero-order chi connectivity index (χ0) is 15.2. The molecule has 112 valence electrons. The molecule has 0 radical (unpaired) electrons. The van der Waals surface area contributed by atoms with E-state index in [4.69, 9.17) is 39.5 Å². The summed E-state index contributed by atoms with van der Waals surface area (Å²) >= 11 is 18.0. The predicted octanol–water partition coefficient (Wildman–Crippen LogP) is 5.33. The van der Waals surface area contributed by atoms with Crippen molar-refractivity contribution in [2.24, 2.45) is 0 Å². The molecule has 0 fully saturated rings. The lowest BCUT2D eigenvalue weighted by atomic mass is 10.3. The van der Waals surface area contributed by atoms with Crippen LogP contribution in [0, 0.1) is 0 Å². The summed E-state index contributed by atoms with van der Waals surface area (Å²) in [6.07, 6.45) is 2.81. The lowest BCUT2D eigenvalue weighted by molar-refractivity contribution is 0.462. The van der Waals surface area contributed by atoms with Crippen molar-refractivity contribution in [2.45, 2.75) is 19.9 Å². The maximum atomic E-state index is 6.19. The lowest BCUT2D eigenvalue weighted by Crippen LogP contribution is -2.13. The van der Waals surface area contributed by atoms with Gasteiger partial charge < -0.3 is 10.1 Å². The number of halogens is 3. The summed E-state index contributed by atoms with van der Waals surface area (Å²) in [5.41, 5.74) is 1.00. The van der Waals surface area contributed by atoms with Gasteiger partial charge in [-0.15, -0.1) is 0 Å². The summed E-state index contributed by atoms with van der Waals surface area (Å²) in [4.78, 5) is 4.23. The molecule has 0 atom stereocenters. The Morgan fingerprint density at radius 2 is 1.81 bits per heavy atom. The van der Waals surface area contributed by atoms with Crippen LogP contribution in [0.4, 0.5) is 0 Å². The molecule has 21 heavy (non-hydrogen) atoms. The quantitative estimate of drug-likeness (QED) is 0.718. The summed E-state index contributed by atoms with van der Waals surface area (Å²) < 4.78 is 5.62. The summed E-state index contributed by atoms with van der Waals surface area (Å²) in [6, 6.07) is 6.77. The number of nitrogens with zero attached hydrogens (tertiary/aromatic N) is 1. The van der Waals surface area contributed by atoms with Crippen LogP contribution in [0.5, 0.6) is 11.6 Å². The lowest BCUT2D eigenvalue weighted by Gasteiger charge is -2.09. The van der Waals surface area contributed by atoms with E-state index in [2.05, 4.69) is 17.2 Å². The van der Waals surface area contributed by atoms with E-state index in [-0.39, 0.29) is 0 Å². The Kier molecular flexibility index (Phi) is 6.12. The Morgan fingerprint density at radius 1 is 1.10 bits per heavy atom. The number of rotatable bonds is 6. The number of ether oxygens (including phenoxy) is 1. The first kappa shape index (κ1) is 16.4. The molecule has 3 nitrogen and oxygen atoms in total. The van der Waals surface area contributed by atoms with E-state index in [1.807, 2.05) is 6.07 Å². The van der Waals surface area contributed by atoms with E-state index in [9.17, 15) is 0 Å². The first-order valence-corrected chi connectivity index (χ1v) is 7.71. The number of aromatic nitrogens is 1. The Hall–Kier alpha value is -1.000. The molecule has 2 aromatic rings. The third kappa shape index (κ3) is 5.04. The molecule has 0 saturated heterocycles. The summed E-state index contributed by atoms with van der Waals surface area (Å²) in [5, 5.41) is 4.72. The second-order valence-corrected chi connectivity index (χ2v) is 5.79. The molecule has 0 bridgehead atoms. The van der Waals surface area contributed by atoms with E-state index in [0.717, 1.165) is 25.1 Å². The van der Waals surface area contributed by atoms with Crippen LogP contribution in [0.25, 0.3) is 0 Å². The van der Waals surface area contributed by atoms with Crippen molar-refractivity contribution in [3.63, 3.8) is 0 Å². The van der Waals surface area contributed by atoms with Crippen molar-refractivity contribution in [3.05, 3.63) is 51.1 Å². The fourth-order valence-corrected chi connectivity index (χ4v) is 2.48. The number of nitrogens with one attached hydrogen (secondary N) is 1. The van der Waals surface area contributed by atoms with Gasteiger partial charge in [-0.3, -0.25) is 0 Å². The normalized spacial score (nSPS) is 10.7. The Bertz CT molecular complexity index is 600. The molecule has 6 heteroatoms. The Balaban J connectivity index is 2.10. The molecule has 2 rings (SSSR count). The van der Waals surface area contributed by atoms with Crippen molar-refractivity contribution < 1.29 is 4.74 Å². The molecular formula is C15H15Cl3N2O. The minimum Gasteiger partial charge on any atom is -0.437 e. The maximum absolute atomic E-state index is 6.19. The molecular weight excluding hydrogens is 331 g/mol. The van der Waals surface area contributed by atoms with Crippen molar-refractivity contribution in [3.8, 4) is 11.6 Å². The standard InChI is InChI=1S/C15H15Cl3N2O/c1-2-3-19-8-10-4-14(18)15(20-9-10)21-13-6-11(16)5-12(17)7-13/h4-7,9,19H,2-3,8H2,1H3. The predicted molar refractivity (Wildman–Crippen MR) is 87.8 cm³/mol. The smallest absolute Gasteiger partial charge is 0.238 e. The van der Waals surface area contributed by atoms with Gasteiger partial charge in [-0.25, -0.2) is 4.98 Å². The van der Waals surface area contributed by atoms with E-state index in [1.54, 1.807) is 24.4 Å². The van der Waals surface area contributed by atoms with Gasteiger partial charge >= 0.3 is 0 Å². The fourth-order valence-electron chi connectivity index (χ4n) is 1.75. The second kappa shape index (κ2) is 7.85. The molecule has 1 heterocycles. The van der Waals surface area contributed by atoms with Gasteiger partial charge in [0.2, 0.25) is 5.88 Å². The first-order valence-electron chi connectivity index (χ1n) is 6.57. The van der Waals surface area contributed by atoms with Crippen LogP contribution >= 0.6 is 34.8 Å². The largest absolute Gasteiger partial charge is 0.437 e. The van der Waals surface area contributed by atoms with Crippen molar-refractivity contribution in [1.29, 1.82) is 0 Å². The Labute approximate surface area is 139 Å². The van der Waals surface area contributed by atoms with Gasteiger partial charge in [-0.1, -0.05) is 41.7 Å². The van der Waals surface area contributed by atoms with Crippen LogP contribution in [0.1, 0.15) is 18.9 Å². The number of pyridine rings is 1. The van der Waals surface area contributed by atoms with Gasteiger partial charge in [0.05, 0.1) is 0 Å². The molecule has 0 spiro atoms. The highest BCUT2D eigenvalue weighted by atomic mass is 35.5. The van der Waals surface area contributed by atoms with E-state index < -0.39 is 0 Å². The molecule has 0 aliphatic rings. The number of hydrogen-bond acceptors (Lipinski definition) is 3. The van der Waals surface area contributed by atoms with Crippen molar-refractivity contribution >= 4 is 34.8 Å². The van der Waals surface area contributed by atoms with E-state index >= 15 is 0 Å². The van der Waals surface area contributed by atoms with Gasteiger partial charge in [0.15, 0.2) is 0 Å².